The van der Waals surface area contributed by atoms with Gasteiger partial charge in [0, 0.05) is 32.2 Å². The molecule has 1 atom stereocenters. The second-order valence-corrected chi connectivity index (χ2v) is 5.75. The lowest BCUT2D eigenvalue weighted by atomic mass is 9.96. The molecule has 0 bridgehead atoms. The molecular formula is C18H28N2O2. The van der Waals surface area contributed by atoms with Crippen LogP contribution in [0.2, 0.25) is 0 Å². The summed E-state index contributed by atoms with van der Waals surface area (Å²) in [5.41, 5.74) is 2.32. The number of hydrogen-bond donors (Lipinski definition) is 1. The summed E-state index contributed by atoms with van der Waals surface area (Å²) in [6.45, 7) is 10.1. The highest BCUT2D eigenvalue weighted by Crippen LogP contribution is 2.40. The zero-order valence-electron chi connectivity index (χ0n) is 14.0. The first-order valence-electron chi connectivity index (χ1n) is 7.99. The van der Waals surface area contributed by atoms with Crippen LogP contribution >= 0.6 is 0 Å². The first-order chi connectivity index (χ1) is 10.7. The van der Waals surface area contributed by atoms with Gasteiger partial charge in [0.1, 0.15) is 11.5 Å². The van der Waals surface area contributed by atoms with E-state index >= 15 is 0 Å². The Bertz CT molecular complexity index is 471. The SMILES string of the molecule is C=CCC[C@H](c1c(OC)cc(C)cc1OC)N1CCNCC1. The van der Waals surface area contributed by atoms with Crippen molar-refractivity contribution in [2.24, 2.45) is 0 Å². The molecule has 0 radical (unpaired) electrons. The molecular weight excluding hydrogens is 276 g/mol. The fourth-order valence-corrected chi connectivity index (χ4v) is 3.18. The van der Waals surface area contributed by atoms with Gasteiger partial charge in [0.2, 0.25) is 0 Å². The summed E-state index contributed by atoms with van der Waals surface area (Å²) in [7, 11) is 3.47. The van der Waals surface area contributed by atoms with Crippen molar-refractivity contribution in [2.75, 3.05) is 40.4 Å². The molecule has 1 aliphatic rings. The van der Waals surface area contributed by atoms with Gasteiger partial charge in [0.15, 0.2) is 0 Å². The summed E-state index contributed by atoms with van der Waals surface area (Å²) < 4.78 is 11.3. The number of nitrogens with one attached hydrogen (secondary N) is 1. The largest absolute Gasteiger partial charge is 0.496 e. The van der Waals surface area contributed by atoms with Gasteiger partial charge in [-0.05, 0) is 37.5 Å². The number of benzene rings is 1. The molecule has 4 nitrogen and oxygen atoms in total. The Morgan fingerprint density at radius 3 is 2.32 bits per heavy atom. The van der Waals surface area contributed by atoms with E-state index < -0.39 is 0 Å². The van der Waals surface area contributed by atoms with Crippen molar-refractivity contribution in [3.05, 3.63) is 35.9 Å². The molecule has 4 heteroatoms. The van der Waals surface area contributed by atoms with Gasteiger partial charge in [0.05, 0.1) is 19.8 Å². The molecule has 1 N–H and O–H groups in total. The summed E-state index contributed by atoms with van der Waals surface area (Å²) in [6, 6.07) is 4.49. The molecule has 0 amide bonds. The smallest absolute Gasteiger partial charge is 0.127 e. The summed E-state index contributed by atoms with van der Waals surface area (Å²) >= 11 is 0. The van der Waals surface area contributed by atoms with Crippen LogP contribution in [-0.2, 0) is 0 Å². The zero-order valence-corrected chi connectivity index (χ0v) is 14.0. The van der Waals surface area contributed by atoms with Crippen molar-refractivity contribution in [1.29, 1.82) is 0 Å². The maximum atomic E-state index is 5.67. The van der Waals surface area contributed by atoms with E-state index in [1.54, 1.807) is 14.2 Å². The molecule has 22 heavy (non-hydrogen) atoms. The van der Waals surface area contributed by atoms with E-state index in [9.17, 15) is 0 Å². The molecule has 0 aliphatic carbocycles. The number of aryl methyl sites for hydroxylation is 1. The Kier molecular flexibility index (Phi) is 6.28. The third kappa shape index (κ3) is 3.81. The highest BCUT2D eigenvalue weighted by molar-refractivity contribution is 5.50. The van der Waals surface area contributed by atoms with Crippen molar-refractivity contribution < 1.29 is 9.47 Å². The predicted octanol–water partition coefficient (Wildman–Crippen LogP) is 2.92. The van der Waals surface area contributed by atoms with Crippen molar-refractivity contribution >= 4 is 0 Å². The van der Waals surface area contributed by atoms with Crippen LogP contribution in [0.4, 0.5) is 0 Å². The van der Waals surface area contributed by atoms with Crippen LogP contribution in [0.1, 0.15) is 30.0 Å². The minimum absolute atomic E-state index is 0.297. The Hall–Kier alpha value is -1.52. The standard InChI is InChI=1S/C18H28N2O2/c1-5-6-7-15(20-10-8-19-9-11-20)18-16(21-3)12-14(2)13-17(18)22-4/h5,12-13,15,19H,1,6-11H2,2-4H3/t15-/m1/s1. The van der Waals surface area contributed by atoms with E-state index in [0.29, 0.717) is 6.04 Å². The van der Waals surface area contributed by atoms with Crippen molar-refractivity contribution in [3.63, 3.8) is 0 Å². The quantitative estimate of drug-likeness (QED) is 0.785. The number of rotatable bonds is 7. The molecule has 0 spiro atoms. The van der Waals surface area contributed by atoms with Gasteiger partial charge < -0.3 is 14.8 Å². The van der Waals surface area contributed by atoms with E-state index in [1.807, 2.05) is 6.08 Å². The molecule has 1 heterocycles. The highest BCUT2D eigenvalue weighted by atomic mass is 16.5. The number of nitrogens with zero attached hydrogens (tertiary/aromatic N) is 1. The van der Waals surface area contributed by atoms with Crippen molar-refractivity contribution in [2.45, 2.75) is 25.8 Å². The fourth-order valence-electron chi connectivity index (χ4n) is 3.18. The van der Waals surface area contributed by atoms with Crippen LogP contribution < -0.4 is 14.8 Å². The van der Waals surface area contributed by atoms with Crippen LogP contribution in [0, 0.1) is 6.92 Å². The number of allylic oxidation sites excluding steroid dienone is 1. The van der Waals surface area contributed by atoms with Crippen molar-refractivity contribution in [3.8, 4) is 11.5 Å². The topological polar surface area (TPSA) is 33.7 Å². The minimum Gasteiger partial charge on any atom is -0.496 e. The van der Waals surface area contributed by atoms with E-state index in [1.165, 1.54) is 5.56 Å². The number of hydrogen-bond acceptors (Lipinski definition) is 4. The van der Waals surface area contributed by atoms with E-state index in [4.69, 9.17) is 9.47 Å². The monoisotopic (exact) mass is 304 g/mol. The van der Waals surface area contributed by atoms with Gasteiger partial charge in [-0.25, -0.2) is 0 Å². The van der Waals surface area contributed by atoms with Gasteiger partial charge >= 0.3 is 0 Å². The maximum absolute atomic E-state index is 5.67. The molecule has 1 aliphatic heterocycles. The predicted molar refractivity (Wildman–Crippen MR) is 90.9 cm³/mol. The molecule has 2 rings (SSSR count). The summed E-state index contributed by atoms with van der Waals surface area (Å²) in [5.74, 6) is 1.84. The lowest BCUT2D eigenvalue weighted by Crippen LogP contribution is -2.45. The first-order valence-corrected chi connectivity index (χ1v) is 7.99. The fraction of sp³-hybridized carbons (Fsp3) is 0.556. The van der Waals surface area contributed by atoms with Gasteiger partial charge in [-0.1, -0.05) is 6.08 Å². The summed E-state index contributed by atoms with van der Waals surface area (Å²) in [5, 5.41) is 3.42. The number of piperazine rings is 1. The normalized spacial score (nSPS) is 17.0. The second kappa shape index (κ2) is 8.20. The molecule has 1 fully saturated rings. The Morgan fingerprint density at radius 2 is 1.82 bits per heavy atom. The third-order valence-corrected chi connectivity index (χ3v) is 4.26. The maximum Gasteiger partial charge on any atom is 0.127 e. The highest BCUT2D eigenvalue weighted by Gasteiger charge is 2.27. The van der Waals surface area contributed by atoms with Crippen LogP contribution in [0.25, 0.3) is 0 Å². The zero-order chi connectivity index (χ0) is 15.9. The van der Waals surface area contributed by atoms with Crippen LogP contribution in [-0.4, -0.2) is 45.3 Å². The van der Waals surface area contributed by atoms with Gasteiger partial charge in [-0.2, -0.15) is 0 Å². The minimum atomic E-state index is 0.297. The van der Waals surface area contributed by atoms with Gasteiger partial charge in [-0.15, -0.1) is 6.58 Å². The van der Waals surface area contributed by atoms with Crippen LogP contribution in [0.3, 0.4) is 0 Å². The molecule has 122 valence electrons. The number of ether oxygens (including phenoxy) is 2. The van der Waals surface area contributed by atoms with Crippen LogP contribution in [0.15, 0.2) is 24.8 Å². The Balaban J connectivity index is 2.42. The second-order valence-electron chi connectivity index (χ2n) is 5.75. The Morgan fingerprint density at radius 1 is 1.23 bits per heavy atom. The average molecular weight is 304 g/mol. The molecule has 1 aromatic rings. The molecule has 0 unspecified atom stereocenters. The summed E-state index contributed by atoms with van der Waals surface area (Å²) in [6.07, 6.45) is 4.00. The van der Waals surface area contributed by atoms with Crippen molar-refractivity contribution in [1.82, 2.24) is 10.2 Å². The van der Waals surface area contributed by atoms with Gasteiger partial charge in [0.25, 0.3) is 0 Å². The van der Waals surface area contributed by atoms with E-state index in [0.717, 1.165) is 56.1 Å². The third-order valence-electron chi connectivity index (χ3n) is 4.26. The first kappa shape index (κ1) is 16.8. The number of methoxy groups -OCH3 is 2. The molecule has 1 aromatic carbocycles. The lowest BCUT2D eigenvalue weighted by molar-refractivity contribution is 0.160. The molecule has 1 saturated heterocycles. The molecule has 0 saturated carbocycles. The lowest BCUT2D eigenvalue weighted by Gasteiger charge is -2.36. The van der Waals surface area contributed by atoms with Crippen LogP contribution in [0.5, 0.6) is 11.5 Å². The van der Waals surface area contributed by atoms with Gasteiger partial charge in [-0.3, -0.25) is 4.90 Å². The Labute approximate surface area is 134 Å². The molecule has 0 aromatic heterocycles. The average Bonchev–Trinajstić information content (AvgIpc) is 2.56. The summed E-state index contributed by atoms with van der Waals surface area (Å²) in [4.78, 5) is 2.52. The van der Waals surface area contributed by atoms with E-state index in [2.05, 4.69) is 35.9 Å². The van der Waals surface area contributed by atoms with E-state index in [-0.39, 0.29) is 0 Å².